The van der Waals surface area contributed by atoms with Crippen molar-refractivity contribution in [1.82, 2.24) is 20.2 Å². The van der Waals surface area contributed by atoms with E-state index in [0.29, 0.717) is 6.04 Å². The van der Waals surface area contributed by atoms with Gasteiger partial charge in [-0.2, -0.15) is 0 Å². The molecule has 6 heteroatoms. The van der Waals surface area contributed by atoms with Crippen molar-refractivity contribution in [2.45, 2.75) is 64.1 Å². The number of hydrogen-bond donors (Lipinski definition) is 2. The van der Waals surface area contributed by atoms with Crippen LogP contribution in [0.25, 0.3) is 0 Å². The highest BCUT2D eigenvalue weighted by Gasteiger charge is 2.45. The number of aryl methyl sites for hydroxylation is 2. The van der Waals surface area contributed by atoms with Crippen LogP contribution in [0.4, 0.5) is 0 Å². The molecule has 26 heavy (non-hydrogen) atoms. The van der Waals surface area contributed by atoms with Gasteiger partial charge in [0.25, 0.3) is 0 Å². The van der Waals surface area contributed by atoms with Crippen molar-refractivity contribution in [3.63, 3.8) is 0 Å². The third-order valence-electron chi connectivity index (χ3n) is 5.74. The van der Waals surface area contributed by atoms with E-state index < -0.39 is 0 Å². The Labute approximate surface area is 174 Å². The number of H-pyrrole nitrogens is 1. The number of thiocarbonyl (C=S) groups is 1. The first-order chi connectivity index (χ1) is 12.6. The van der Waals surface area contributed by atoms with Crippen LogP contribution in [0.3, 0.4) is 0 Å². The number of hydrogen-bond acceptors (Lipinski definition) is 2. The number of pyridine rings is 1. The first-order valence-electron chi connectivity index (χ1n) is 9.42. The van der Waals surface area contributed by atoms with E-state index in [1.54, 1.807) is 0 Å². The minimum absolute atomic E-state index is 0.0908. The SMILES string of the molecule is Cc1[nH]c(C)c([C@@H]2[C@H](c3ccccn3)NC(=S)N2C2CCCCC2)c1I. The zero-order valence-electron chi connectivity index (χ0n) is 15.3. The van der Waals surface area contributed by atoms with E-state index in [9.17, 15) is 0 Å². The molecule has 2 N–H and O–H groups in total. The molecule has 1 saturated heterocycles. The quantitative estimate of drug-likeness (QED) is 0.483. The van der Waals surface area contributed by atoms with Crippen molar-refractivity contribution in [1.29, 1.82) is 0 Å². The standard InChI is InChI=1S/C20H25IN4S/c1-12-16(17(21)13(2)23-12)19-18(15-10-6-7-11-22-15)24-20(26)25(19)14-8-4-3-5-9-14/h6-7,10-11,14,18-19,23H,3-5,8-9H2,1-2H3,(H,24,26)/t18-,19+/m0/s1. The maximum Gasteiger partial charge on any atom is 0.170 e. The van der Waals surface area contributed by atoms with Gasteiger partial charge in [0.05, 0.1) is 17.8 Å². The normalized spacial score (nSPS) is 24.1. The molecule has 3 heterocycles. The van der Waals surface area contributed by atoms with Gasteiger partial charge in [0.1, 0.15) is 0 Å². The van der Waals surface area contributed by atoms with Crippen LogP contribution in [-0.4, -0.2) is 26.0 Å². The minimum atomic E-state index is 0.0908. The third-order valence-corrected chi connectivity index (χ3v) is 7.46. The molecule has 0 bridgehead atoms. The van der Waals surface area contributed by atoms with Gasteiger partial charge in [0.15, 0.2) is 5.11 Å². The van der Waals surface area contributed by atoms with Crippen LogP contribution in [0, 0.1) is 17.4 Å². The zero-order valence-corrected chi connectivity index (χ0v) is 18.2. The summed E-state index contributed by atoms with van der Waals surface area (Å²) in [5.41, 5.74) is 4.91. The van der Waals surface area contributed by atoms with Gasteiger partial charge in [-0.05, 0) is 73.6 Å². The Balaban J connectivity index is 1.81. The van der Waals surface area contributed by atoms with E-state index in [1.165, 1.54) is 52.6 Å². The molecule has 2 aromatic rings. The number of nitrogens with one attached hydrogen (secondary N) is 2. The Morgan fingerprint density at radius 3 is 2.54 bits per heavy atom. The van der Waals surface area contributed by atoms with Gasteiger partial charge in [-0.15, -0.1) is 0 Å². The fourth-order valence-corrected chi connectivity index (χ4v) is 5.80. The molecule has 0 spiro atoms. The van der Waals surface area contributed by atoms with E-state index in [1.807, 2.05) is 12.3 Å². The van der Waals surface area contributed by atoms with Crippen LogP contribution in [0.1, 0.15) is 66.8 Å². The second-order valence-electron chi connectivity index (χ2n) is 7.43. The van der Waals surface area contributed by atoms with Crippen molar-refractivity contribution < 1.29 is 0 Å². The molecule has 4 nitrogen and oxygen atoms in total. The van der Waals surface area contributed by atoms with Crippen LogP contribution >= 0.6 is 34.8 Å². The average Bonchev–Trinajstić information content (AvgIpc) is 3.12. The van der Waals surface area contributed by atoms with Gasteiger partial charge in [0.2, 0.25) is 0 Å². The van der Waals surface area contributed by atoms with Crippen LogP contribution in [0.15, 0.2) is 24.4 Å². The molecular formula is C20H25IN4S. The van der Waals surface area contributed by atoms with E-state index >= 15 is 0 Å². The summed E-state index contributed by atoms with van der Waals surface area (Å²) in [5, 5.41) is 4.49. The number of aromatic nitrogens is 2. The monoisotopic (exact) mass is 480 g/mol. The van der Waals surface area contributed by atoms with Gasteiger partial charge in [-0.25, -0.2) is 0 Å². The Morgan fingerprint density at radius 2 is 1.92 bits per heavy atom. The lowest BCUT2D eigenvalue weighted by Crippen LogP contribution is -2.40. The molecule has 0 unspecified atom stereocenters. The Morgan fingerprint density at radius 1 is 1.15 bits per heavy atom. The predicted molar refractivity (Wildman–Crippen MR) is 117 cm³/mol. The highest BCUT2D eigenvalue weighted by atomic mass is 127. The molecule has 1 aliphatic heterocycles. The van der Waals surface area contributed by atoms with E-state index in [4.69, 9.17) is 12.2 Å². The van der Waals surface area contributed by atoms with Crippen molar-refractivity contribution in [2.24, 2.45) is 0 Å². The summed E-state index contributed by atoms with van der Waals surface area (Å²) in [6.45, 7) is 4.33. The van der Waals surface area contributed by atoms with Crippen molar-refractivity contribution in [3.05, 3.63) is 50.6 Å². The predicted octanol–water partition coefficient (Wildman–Crippen LogP) is 4.94. The minimum Gasteiger partial charge on any atom is -0.362 e. The highest BCUT2D eigenvalue weighted by molar-refractivity contribution is 14.1. The molecule has 2 aliphatic rings. The molecule has 138 valence electrons. The molecule has 1 saturated carbocycles. The Bertz CT molecular complexity index is 798. The second kappa shape index (κ2) is 7.46. The summed E-state index contributed by atoms with van der Waals surface area (Å²) < 4.78 is 1.32. The number of aromatic amines is 1. The molecule has 0 aromatic carbocycles. The molecule has 2 aromatic heterocycles. The van der Waals surface area contributed by atoms with E-state index in [0.717, 1.165) is 10.8 Å². The maximum absolute atomic E-state index is 5.84. The topological polar surface area (TPSA) is 44.0 Å². The fourth-order valence-electron chi connectivity index (χ4n) is 4.55. The number of rotatable bonds is 3. The molecule has 0 radical (unpaired) electrons. The fraction of sp³-hybridized carbons (Fsp3) is 0.500. The lowest BCUT2D eigenvalue weighted by atomic mass is 9.90. The molecule has 4 rings (SSSR count). The van der Waals surface area contributed by atoms with Crippen molar-refractivity contribution in [2.75, 3.05) is 0 Å². The van der Waals surface area contributed by atoms with Crippen LogP contribution in [0.2, 0.25) is 0 Å². The summed E-state index contributed by atoms with van der Waals surface area (Å²) in [6, 6.07) is 6.95. The van der Waals surface area contributed by atoms with E-state index in [-0.39, 0.29) is 12.1 Å². The van der Waals surface area contributed by atoms with Crippen molar-refractivity contribution in [3.8, 4) is 0 Å². The number of nitrogens with zero attached hydrogens (tertiary/aromatic N) is 2. The molecular weight excluding hydrogens is 455 g/mol. The van der Waals surface area contributed by atoms with Crippen molar-refractivity contribution >= 4 is 39.9 Å². The molecule has 2 atom stereocenters. The number of halogens is 1. The van der Waals surface area contributed by atoms with E-state index in [2.05, 4.69) is 68.8 Å². The molecule has 0 amide bonds. The van der Waals surface area contributed by atoms with Gasteiger partial charge >= 0.3 is 0 Å². The summed E-state index contributed by atoms with van der Waals surface area (Å²) in [5.74, 6) is 0. The average molecular weight is 480 g/mol. The maximum atomic E-state index is 5.84. The zero-order chi connectivity index (χ0) is 18.3. The molecule has 1 aliphatic carbocycles. The summed E-state index contributed by atoms with van der Waals surface area (Å²) in [6.07, 6.45) is 8.28. The van der Waals surface area contributed by atoms with Crippen LogP contribution in [0.5, 0.6) is 0 Å². The van der Waals surface area contributed by atoms with Gasteiger partial charge < -0.3 is 15.2 Å². The lowest BCUT2D eigenvalue weighted by molar-refractivity contribution is 0.196. The van der Waals surface area contributed by atoms with Gasteiger partial charge in [-0.1, -0.05) is 25.3 Å². The Kier molecular flexibility index (Phi) is 5.23. The second-order valence-corrected chi connectivity index (χ2v) is 8.89. The van der Waals surface area contributed by atoms with Crippen LogP contribution in [-0.2, 0) is 0 Å². The summed E-state index contributed by atoms with van der Waals surface area (Å²) in [7, 11) is 0. The first kappa shape index (κ1) is 18.2. The summed E-state index contributed by atoms with van der Waals surface area (Å²) in [4.78, 5) is 10.7. The third kappa shape index (κ3) is 3.15. The smallest absolute Gasteiger partial charge is 0.170 e. The summed E-state index contributed by atoms with van der Waals surface area (Å²) >= 11 is 8.33. The van der Waals surface area contributed by atoms with Crippen LogP contribution < -0.4 is 5.32 Å². The first-order valence-corrected chi connectivity index (χ1v) is 10.9. The largest absolute Gasteiger partial charge is 0.362 e. The highest BCUT2D eigenvalue weighted by Crippen LogP contribution is 2.45. The lowest BCUT2D eigenvalue weighted by Gasteiger charge is -2.37. The molecule has 2 fully saturated rings. The Hall–Kier alpha value is -1.15. The van der Waals surface area contributed by atoms with Gasteiger partial charge in [0, 0.05) is 32.8 Å². The van der Waals surface area contributed by atoms with Gasteiger partial charge in [-0.3, -0.25) is 4.98 Å².